The third kappa shape index (κ3) is 2.68. The molecule has 0 amide bonds. The van der Waals surface area contributed by atoms with Gasteiger partial charge in [0.1, 0.15) is 0 Å². The van der Waals surface area contributed by atoms with Crippen LogP contribution in [0, 0.1) is 11.8 Å². The number of H-pyrrole nitrogens is 1. The zero-order valence-electron chi connectivity index (χ0n) is 10.5. The fourth-order valence-corrected chi connectivity index (χ4v) is 1.76. The van der Waals surface area contributed by atoms with Gasteiger partial charge in [-0.05, 0) is 24.3 Å². The van der Waals surface area contributed by atoms with Crippen LogP contribution in [0.25, 0.3) is 11.4 Å². The van der Waals surface area contributed by atoms with Crippen LogP contribution < -0.4 is 5.76 Å². The van der Waals surface area contributed by atoms with Gasteiger partial charge >= 0.3 is 5.76 Å². The number of nitrogens with zero attached hydrogens (tertiary/aromatic N) is 1. The molecule has 4 heteroatoms. The zero-order valence-corrected chi connectivity index (χ0v) is 10.5. The maximum Gasteiger partial charge on any atom is 0.439 e. The van der Waals surface area contributed by atoms with E-state index in [0.717, 1.165) is 16.7 Å². The van der Waals surface area contributed by atoms with Crippen LogP contribution in [0.4, 0.5) is 0 Å². The molecule has 0 radical (unpaired) electrons. The minimum atomic E-state index is -0.569. The number of aromatic amines is 1. The first-order valence-corrected chi connectivity index (χ1v) is 6.05. The molecule has 1 aromatic heterocycles. The minimum Gasteiger partial charge on any atom is -0.296 e. The monoisotopic (exact) mass is 262 g/mol. The van der Waals surface area contributed by atoms with Crippen LogP contribution in [-0.4, -0.2) is 10.1 Å². The Morgan fingerprint density at radius 2 is 1.70 bits per heavy atom. The van der Waals surface area contributed by atoms with Crippen LogP contribution in [0.15, 0.2) is 63.9 Å². The first-order chi connectivity index (χ1) is 9.81. The van der Waals surface area contributed by atoms with Crippen molar-refractivity contribution in [3.05, 3.63) is 76.3 Å². The fourth-order valence-electron chi connectivity index (χ4n) is 1.76. The van der Waals surface area contributed by atoms with Crippen molar-refractivity contribution in [3.63, 3.8) is 0 Å². The topological polar surface area (TPSA) is 58.9 Å². The summed E-state index contributed by atoms with van der Waals surface area (Å²) < 4.78 is 4.49. The quantitative estimate of drug-likeness (QED) is 0.685. The van der Waals surface area contributed by atoms with E-state index in [4.69, 9.17) is 0 Å². The van der Waals surface area contributed by atoms with E-state index in [-0.39, 0.29) is 0 Å². The highest BCUT2D eigenvalue weighted by Gasteiger charge is 2.03. The lowest BCUT2D eigenvalue weighted by atomic mass is 10.1. The number of benzene rings is 2. The van der Waals surface area contributed by atoms with E-state index in [1.807, 2.05) is 54.6 Å². The van der Waals surface area contributed by atoms with Crippen LogP contribution in [0.2, 0.25) is 0 Å². The van der Waals surface area contributed by atoms with Gasteiger partial charge in [0.2, 0.25) is 0 Å². The second kappa shape index (κ2) is 5.29. The average molecular weight is 262 g/mol. The van der Waals surface area contributed by atoms with Crippen LogP contribution in [0.3, 0.4) is 0 Å². The van der Waals surface area contributed by atoms with Gasteiger partial charge < -0.3 is 0 Å². The van der Waals surface area contributed by atoms with Gasteiger partial charge in [-0.15, -0.1) is 0 Å². The summed E-state index contributed by atoms with van der Waals surface area (Å²) in [6.07, 6.45) is 0. The minimum absolute atomic E-state index is 0.401. The van der Waals surface area contributed by atoms with Crippen molar-refractivity contribution in [1.29, 1.82) is 0 Å². The molecule has 4 nitrogen and oxygen atoms in total. The number of nitrogens with one attached hydrogen (secondary N) is 1. The van der Waals surface area contributed by atoms with Gasteiger partial charge in [-0.3, -0.25) is 9.51 Å². The second-order valence-corrected chi connectivity index (χ2v) is 4.14. The smallest absolute Gasteiger partial charge is 0.296 e. The molecule has 0 aliphatic rings. The summed E-state index contributed by atoms with van der Waals surface area (Å²) in [4.78, 5) is 13.5. The molecule has 0 atom stereocenters. The van der Waals surface area contributed by atoms with Crippen LogP contribution in [-0.2, 0) is 0 Å². The van der Waals surface area contributed by atoms with Crippen molar-refractivity contribution < 1.29 is 4.52 Å². The molecule has 20 heavy (non-hydrogen) atoms. The third-order valence-corrected chi connectivity index (χ3v) is 2.70. The lowest BCUT2D eigenvalue weighted by Gasteiger charge is -1.95. The van der Waals surface area contributed by atoms with Gasteiger partial charge in [0, 0.05) is 16.7 Å². The summed E-state index contributed by atoms with van der Waals surface area (Å²) in [5.41, 5.74) is 2.55. The lowest BCUT2D eigenvalue weighted by molar-refractivity contribution is 0.388. The van der Waals surface area contributed by atoms with E-state index in [9.17, 15) is 4.79 Å². The number of hydrogen-bond acceptors (Lipinski definition) is 3. The molecule has 3 rings (SSSR count). The van der Waals surface area contributed by atoms with Gasteiger partial charge in [-0.1, -0.05) is 47.3 Å². The normalized spacial score (nSPS) is 9.80. The van der Waals surface area contributed by atoms with Gasteiger partial charge in [-0.25, -0.2) is 4.79 Å². The third-order valence-electron chi connectivity index (χ3n) is 2.70. The van der Waals surface area contributed by atoms with Crippen LogP contribution >= 0.6 is 0 Å². The molecule has 0 saturated carbocycles. The van der Waals surface area contributed by atoms with Crippen molar-refractivity contribution in [1.82, 2.24) is 10.1 Å². The van der Waals surface area contributed by atoms with Crippen molar-refractivity contribution >= 4 is 0 Å². The molecule has 0 aliphatic carbocycles. The molecular formula is C16H10N2O2. The van der Waals surface area contributed by atoms with Crippen molar-refractivity contribution in [2.45, 2.75) is 0 Å². The molecule has 3 aromatic rings. The van der Waals surface area contributed by atoms with E-state index < -0.39 is 5.76 Å². The Morgan fingerprint density at radius 1 is 0.950 bits per heavy atom. The fraction of sp³-hybridized carbons (Fsp3) is 0. The zero-order chi connectivity index (χ0) is 13.8. The molecular weight excluding hydrogens is 252 g/mol. The standard InChI is InChI=1S/C16H10N2O2/c19-16-17-15(18-20-16)14-8-4-7-13(11-14)10-9-12-5-2-1-3-6-12/h1-8,11H,(H,17,18,19). The summed E-state index contributed by atoms with van der Waals surface area (Å²) in [5.74, 6) is 5.99. The highest BCUT2D eigenvalue weighted by atomic mass is 16.5. The van der Waals surface area contributed by atoms with E-state index in [0.29, 0.717) is 5.82 Å². The maximum absolute atomic E-state index is 10.9. The highest BCUT2D eigenvalue weighted by Crippen LogP contribution is 2.14. The van der Waals surface area contributed by atoms with Gasteiger partial charge in [0.15, 0.2) is 5.82 Å². The second-order valence-electron chi connectivity index (χ2n) is 4.14. The molecule has 0 saturated heterocycles. The van der Waals surface area contributed by atoms with Gasteiger partial charge in [0.25, 0.3) is 0 Å². The molecule has 0 aliphatic heterocycles. The first-order valence-electron chi connectivity index (χ1n) is 6.05. The lowest BCUT2D eigenvalue weighted by Crippen LogP contribution is -1.94. The predicted octanol–water partition coefficient (Wildman–Crippen LogP) is 2.43. The molecule has 1 N–H and O–H groups in total. The Morgan fingerprint density at radius 3 is 2.45 bits per heavy atom. The first kappa shape index (κ1) is 12.0. The SMILES string of the molecule is O=c1[nH]c(-c2cccc(C#Cc3ccccc3)c2)no1. The van der Waals surface area contributed by atoms with Crippen LogP contribution in [0.5, 0.6) is 0 Å². The summed E-state index contributed by atoms with van der Waals surface area (Å²) in [6.45, 7) is 0. The molecule has 96 valence electrons. The summed E-state index contributed by atoms with van der Waals surface area (Å²) in [6, 6.07) is 17.2. The van der Waals surface area contributed by atoms with E-state index in [2.05, 4.69) is 26.5 Å². The van der Waals surface area contributed by atoms with E-state index in [1.165, 1.54) is 0 Å². The Hall–Kier alpha value is -3.06. The maximum atomic E-state index is 10.9. The summed E-state index contributed by atoms with van der Waals surface area (Å²) >= 11 is 0. The molecule has 2 aromatic carbocycles. The highest BCUT2D eigenvalue weighted by molar-refractivity contribution is 5.58. The number of rotatable bonds is 1. The molecule has 0 unspecified atom stereocenters. The van der Waals surface area contributed by atoms with Crippen molar-refractivity contribution in [2.24, 2.45) is 0 Å². The molecule has 0 fully saturated rings. The van der Waals surface area contributed by atoms with Gasteiger partial charge in [-0.2, -0.15) is 0 Å². The summed E-state index contributed by atoms with van der Waals surface area (Å²) in [7, 11) is 0. The molecule has 0 spiro atoms. The van der Waals surface area contributed by atoms with Gasteiger partial charge in [0.05, 0.1) is 0 Å². The van der Waals surface area contributed by atoms with Crippen molar-refractivity contribution in [3.8, 4) is 23.2 Å². The molecule has 1 heterocycles. The molecule has 0 bridgehead atoms. The summed E-state index contributed by atoms with van der Waals surface area (Å²) in [5, 5.41) is 3.65. The van der Waals surface area contributed by atoms with Crippen molar-refractivity contribution in [2.75, 3.05) is 0 Å². The average Bonchev–Trinajstić information content (AvgIpc) is 2.93. The Kier molecular flexibility index (Phi) is 3.17. The number of aromatic nitrogens is 2. The Labute approximate surface area is 115 Å². The Balaban J connectivity index is 1.93. The van der Waals surface area contributed by atoms with E-state index >= 15 is 0 Å². The number of hydrogen-bond donors (Lipinski definition) is 1. The largest absolute Gasteiger partial charge is 0.439 e. The van der Waals surface area contributed by atoms with E-state index in [1.54, 1.807) is 0 Å². The van der Waals surface area contributed by atoms with Crippen LogP contribution in [0.1, 0.15) is 11.1 Å². The Bertz CT molecular complexity index is 836. The predicted molar refractivity (Wildman–Crippen MR) is 75.0 cm³/mol.